The quantitative estimate of drug-likeness (QED) is 0.481. The van der Waals surface area contributed by atoms with Crippen LogP contribution in [0.15, 0.2) is 53.4 Å². The summed E-state index contributed by atoms with van der Waals surface area (Å²) in [6, 6.07) is 12.8. The standard InChI is InChI=1S/C24H30N2O7S/c1-3-31-20-10-6-18(7-11-20)16-26(2)23(27)17-33-24(28)19-8-12-22(13-9-19)34(29,30)25-15-21-5-4-14-32-21/h6-13,21,25H,3-5,14-17H2,1-2H3. The molecule has 1 aliphatic rings. The van der Waals surface area contributed by atoms with E-state index in [-0.39, 0.29) is 29.0 Å². The molecule has 1 amide bonds. The molecule has 3 rings (SSSR count). The van der Waals surface area contributed by atoms with Gasteiger partial charge in [0, 0.05) is 26.7 Å². The summed E-state index contributed by atoms with van der Waals surface area (Å²) in [6.45, 7) is 3.27. The minimum Gasteiger partial charge on any atom is -0.494 e. The van der Waals surface area contributed by atoms with Crippen molar-refractivity contribution in [3.8, 4) is 5.75 Å². The van der Waals surface area contributed by atoms with Crippen molar-refractivity contribution in [3.05, 3.63) is 59.7 Å². The van der Waals surface area contributed by atoms with Gasteiger partial charge in [0.2, 0.25) is 10.0 Å². The van der Waals surface area contributed by atoms with Crippen molar-refractivity contribution < 1.29 is 32.2 Å². The Hall–Kier alpha value is -2.95. The van der Waals surface area contributed by atoms with Crippen LogP contribution in [0.5, 0.6) is 5.75 Å². The Bertz CT molecular complexity index is 1060. The summed E-state index contributed by atoms with van der Waals surface area (Å²) in [7, 11) is -2.09. The molecule has 1 aliphatic heterocycles. The molecule has 0 radical (unpaired) electrons. The molecule has 0 bridgehead atoms. The van der Waals surface area contributed by atoms with Crippen LogP contribution in [0.1, 0.15) is 35.7 Å². The molecular formula is C24H30N2O7S. The van der Waals surface area contributed by atoms with Gasteiger partial charge in [-0.3, -0.25) is 4.79 Å². The first-order chi connectivity index (χ1) is 16.3. The van der Waals surface area contributed by atoms with Crippen LogP contribution in [-0.4, -0.2) is 64.7 Å². The first-order valence-corrected chi connectivity index (χ1v) is 12.6. The third-order valence-corrected chi connectivity index (χ3v) is 6.77. The van der Waals surface area contributed by atoms with Gasteiger partial charge in [-0.1, -0.05) is 12.1 Å². The number of amides is 1. The topological polar surface area (TPSA) is 111 Å². The molecule has 1 saturated heterocycles. The molecule has 1 unspecified atom stereocenters. The lowest BCUT2D eigenvalue weighted by molar-refractivity contribution is -0.133. The number of sulfonamides is 1. The van der Waals surface area contributed by atoms with Gasteiger partial charge in [0.25, 0.3) is 5.91 Å². The second kappa shape index (κ2) is 12.0. The Kier molecular flexibility index (Phi) is 9.03. The largest absolute Gasteiger partial charge is 0.494 e. The second-order valence-electron chi connectivity index (χ2n) is 7.91. The summed E-state index contributed by atoms with van der Waals surface area (Å²) >= 11 is 0. The number of rotatable bonds is 11. The van der Waals surface area contributed by atoms with Crippen molar-refractivity contribution >= 4 is 21.9 Å². The number of likely N-dealkylation sites (N-methyl/N-ethyl adjacent to an activating group) is 1. The van der Waals surface area contributed by atoms with Crippen molar-refractivity contribution in [2.75, 3.05) is 33.4 Å². The van der Waals surface area contributed by atoms with Gasteiger partial charge in [0.1, 0.15) is 5.75 Å². The molecule has 184 valence electrons. The maximum atomic E-state index is 12.4. The van der Waals surface area contributed by atoms with E-state index in [4.69, 9.17) is 14.2 Å². The molecule has 1 heterocycles. The van der Waals surface area contributed by atoms with Gasteiger partial charge in [-0.15, -0.1) is 0 Å². The number of nitrogens with one attached hydrogen (secondary N) is 1. The van der Waals surface area contributed by atoms with Crippen molar-refractivity contribution in [1.29, 1.82) is 0 Å². The van der Waals surface area contributed by atoms with Crippen LogP contribution in [0.25, 0.3) is 0 Å². The highest BCUT2D eigenvalue weighted by molar-refractivity contribution is 7.89. The summed E-state index contributed by atoms with van der Waals surface area (Å²) in [5, 5.41) is 0. The molecule has 2 aromatic rings. The number of ether oxygens (including phenoxy) is 3. The van der Waals surface area contributed by atoms with Gasteiger partial charge >= 0.3 is 5.97 Å². The molecule has 34 heavy (non-hydrogen) atoms. The molecule has 0 aliphatic carbocycles. The zero-order valence-electron chi connectivity index (χ0n) is 19.4. The van der Waals surface area contributed by atoms with Gasteiger partial charge in [-0.2, -0.15) is 0 Å². The summed E-state index contributed by atoms with van der Waals surface area (Å²) in [5.74, 6) is -0.314. The van der Waals surface area contributed by atoms with Crippen LogP contribution in [0.3, 0.4) is 0 Å². The van der Waals surface area contributed by atoms with E-state index < -0.39 is 22.6 Å². The third kappa shape index (κ3) is 7.28. The first-order valence-electron chi connectivity index (χ1n) is 11.1. The molecule has 9 nitrogen and oxygen atoms in total. The molecule has 0 saturated carbocycles. The van der Waals surface area contributed by atoms with Crippen molar-refractivity contribution in [2.45, 2.75) is 37.3 Å². The lowest BCUT2D eigenvalue weighted by atomic mass is 10.2. The second-order valence-corrected chi connectivity index (χ2v) is 9.68. The van der Waals surface area contributed by atoms with E-state index in [1.165, 1.54) is 29.2 Å². The normalized spacial score (nSPS) is 15.6. The average Bonchev–Trinajstić information content (AvgIpc) is 3.36. The SMILES string of the molecule is CCOc1ccc(CN(C)C(=O)COC(=O)c2ccc(S(=O)(=O)NCC3CCCO3)cc2)cc1. The fourth-order valence-electron chi connectivity index (χ4n) is 3.40. The summed E-state index contributed by atoms with van der Waals surface area (Å²) < 4.78 is 43.3. The van der Waals surface area contributed by atoms with Crippen LogP contribution < -0.4 is 9.46 Å². The average molecular weight is 491 g/mol. The molecule has 0 aromatic heterocycles. The minimum absolute atomic E-state index is 0.0354. The van der Waals surface area contributed by atoms with E-state index in [0.717, 1.165) is 24.2 Å². The molecule has 1 fully saturated rings. The lowest BCUT2D eigenvalue weighted by Crippen LogP contribution is -2.32. The number of benzene rings is 2. The first kappa shape index (κ1) is 25.7. The van der Waals surface area contributed by atoms with Gasteiger partial charge in [0.05, 0.1) is 23.2 Å². The maximum Gasteiger partial charge on any atom is 0.338 e. The molecule has 1 N–H and O–H groups in total. The van der Waals surface area contributed by atoms with Crippen molar-refractivity contribution in [1.82, 2.24) is 9.62 Å². The highest BCUT2D eigenvalue weighted by Crippen LogP contribution is 2.15. The molecule has 10 heteroatoms. The van der Waals surface area contributed by atoms with Crippen LogP contribution in [0.2, 0.25) is 0 Å². The third-order valence-electron chi connectivity index (χ3n) is 5.33. The summed E-state index contributed by atoms with van der Waals surface area (Å²) in [6.07, 6.45) is 1.62. The fraction of sp³-hybridized carbons (Fsp3) is 0.417. The van der Waals surface area contributed by atoms with Gasteiger partial charge in [-0.05, 0) is 61.7 Å². The van der Waals surface area contributed by atoms with Crippen LogP contribution in [-0.2, 0) is 30.8 Å². The maximum absolute atomic E-state index is 12.4. The summed E-state index contributed by atoms with van der Waals surface area (Å²) in [5.41, 5.74) is 1.07. The van der Waals surface area contributed by atoms with Crippen LogP contribution in [0, 0.1) is 0 Å². The number of hydrogen-bond acceptors (Lipinski definition) is 7. The molecule has 1 atom stereocenters. The van der Waals surface area contributed by atoms with Gasteiger partial charge < -0.3 is 19.1 Å². The monoisotopic (exact) mass is 490 g/mol. The van der Waals surface area contributed by atoms with E-state index in [2.05, 4.69) is 4.72 Å². The van der Waals surface area contributed by atoms with Crippen molar-refractivity contribution in [3.63, 3.8) is 0 Å². The number of carbonyl (C=O) groups excluding carboxylic acids is 2. The minimum atomic E-state index is -3.71. The highest BCUT2D eigenvalue weighted by Gasteiger charge is 2.21. The Morgan fingerprint density at radius 1 is 1.12 bits per heavy atom. The fourth-order valence-corrected chi connectivity index (χ4v) is 4.47. The van der Waals surface area contributed by atoms with E-state index in [9.17, 15) is 18.0 Å². The van der Waals surface area contributed by atoms with E-state index in [1.807, 2.05) is 31.2 Å². The molecule has 0 spiro atoms. The smallest absolute Gasteiger partial charge is 0.338 e. The zero-order valence-corrected chi connectivity index (χ0v) is 20.2. The Morgan fingerprint density at radius 3 is 2.44 bits per heavy atom. The Morgan fingerprint density at radius 2 is 1.82 bits per heavy atom. The van der Waals surface area contributed by atoms with Crippen LogP contribution >= 0.6 is 0 Å². The van der Waals surface area contributed by atoms with Crippen molar-refractivity contribution in [2.24, 2.45) is 0 Å². The molecular weight excluding hydrogens is 460 g/mol. The zero-order chi connectivity index (χ0) is 24.6. The Labute approximate surface area is 200 Å². The highest BCUT2D eigenvalue weighted by atomic mass is 32.2. The lowest BCUT2D eigenvalue weighted by Gasteiger charge is -2.17. The predicted octanol–water partition coefficient (Wildman–Crippen LogP) is 2.36. The number of hydrogen-bond donors (Lipinski definition) is 1. The number of nitrogens with zero attached hydrogens (tertiary/aromatic N) is 1. The van der Waals surface area contributed by atoms with Crippen LogP contribution in [0.4, 0.5) is 0 Å². The molecule has 2 aromatic carbocycles. The van der Waals surface area contributed by atoms with E-state index in [0.29, 0.717) is 19.8 Å². The predicted molar refractivity (Wildman–Crippen MR) is 125 cm³/mol. The number of carbonyl (C=O) groups is 2. The number of esters is 1. The van der Waals surface area contributed by atoms with E-state index in [1.54, 1.807) is 7.05 Å². The van der Waals surface area contributed by atoms with Gasteiger partial charge in [-0.25, -0.2) is 17.9 Å². The van der Waals surface area contributed by atoms with Gasteiger partial charge in [0.15, 0.2) is 6.61 Å². The Balaban J connectivity index is 1.47. The van der Waals surface area contributed by atoms with E-state index >= 15 is 0 Å². The summed E-state index contributed by atoms with van der Waals surface area (Å²) in [4.78, 5) is 26.1.